The first-order valence-corrected chi connectivity index (χ1v) is 15.7. The number of pyridine rings is 1. The number of aromatic nitrogens is 4. The van der Waals surface area contributed by atoms with Gasteiger partial charge in [0.25, 0.3) is 5.91 Å². The average Bonchev–Trinajstić information content (AvgIpc) is 3.21. The molecule has 4 aromatic rings. The van der Waals surface area contributed by atoms with Gasteiger partial charge in [-0.05, 0) is 23.7 Å². The quantitative estimate of drug-likeness (QED) is 0.209. The van der Waals surface area contributed by atoms with Gasteiger partial charge < -0.3 is 14.2 Å². The normalized spacial score (nSPS) is 11.8. The lowest BCUT2D eigenvalue weighted by Crippen LogP contribution is -2.23. The monoisotopic (exact) mass is 525 g/mol. The van der Waals surface area contributed by atoms with Crippen molar-refractivity contribution in [2.75, 3.05) is 20.7 Å². The third kappa shape index (κ3) is 5.64. The molecule has 0 N–H and O–H groups in total. The van der Waals surface area contributed by atoms with Crippen molar-refractivity contribution in [1.29, 1.82) is 0 Å². The molecule has 0 saturated carbocycles. The van der Waals surface area contributed by atoms with Gasteiger partial charge in [0.1, 0.15) is 23.9 Å². The van der Waals surface area contributed by atoms with Crippen molar-refractivity contribution in [2.45, 2.75) is 32.4 Å². The highest BCUT2D eigenvalue weighted by molar-refractivity contribution is 6.76. The van der Waals surface area contributed by atoms with Gasteiger partial charge in [0.2, 0.25) is 0 Å². The van der Waals surface area contributed by atoms with E-state index in [4.69, 9.17) is 16.3 Å². The van der Waals surface area contributed by atoms with Gasteiger partial charge in [-0.1, -0.05) is 43.4 Å². The second-order valence-corrected chi connectivity index (χ2v) is 16.0. The van der Waals surface area contributed by atoms with E-state index in [9.17, 15) is 9.18 Å². The number of fused-ring (bicyclic) bond motifs is 1. The van der Waals surface area contributed by atoms with Crippen LogP contribution >= 0.6 is 11.6 Å². The van der Waals surface area contributed by atoms with E-state index in [0.717, 1.165) is 17.2 Å². The maximum atomic E-state index is 13.6. The van der Waals surface area contributed by atoms with Crippen molar-refractivity contribution in [1.82, 2.24) is 24.4 Å². The summed E-state index contributed by atoms with van der Waals surface area (Å²) in [6.45, 7) is 7.90. The standard InChI is InChI=1S/C26H29ClFN5O2Si/c1-32(2)26(34)22-14-29-13-21(31-22)19-12-30-25-23(24(19)27)20(17-6-8-18(28)9-7-17)15-33(25)16-35-10-11-36(3,4)5/h6-9,12-15H,10-11,16H2,1-5H3. The molecule has 0 aliphatic heterocycles. The summed E-state index contributed by atoms with van der Waals surface area (Å²) in [7, 11) is 2.08. The molecule has 0 aliphatic carbocycles. The summed E-state index contributed by atoms with van der Waals surface area (Å²) in [6.07, 6.45) is 6.53. The van der Waals surface area contributed by atoms with Crippen LogP contribution < -0.4 is 0 Å². The molecule has 188 valence electrons. The largest absolute Gasteiger partial charge is 0.361 e. The minimum Gasteiger partial charge on any atom is -0.361 e. The molecule has 1 aromatic carbocycles. The zero-order valence-corrected chi connectivity index (χ0v) is 22.8. The number of carbonyl (C=O) groups is 1. The first kappa shape index (κ1) is 25.9. The molecular weight excluding hydrogens is 497 g/mol. The van der Waals surface area contributed by atoms with E-state index in [1.807, 2.05) is 10.8 Å². The van der Waals surface area contributed by atoms with Gasteiger partial charge >= 0.3 is 0 Å². The van der Waals surface area contributed by atoms with Gasteiger partial charge in [0.05, 0.1) is 23.1 Å². The third-order valence-electron chi connectivity index (χ3n) is 5.74. The molecule has 1 amide bonds. The highest BCUT2D eigenvalue weighted by Gasteiger charge is 2.21. The Balaban J connectivity index is 1.80. The smallest absolute Gasteiger partial charge is 0.273 e. The minimum atomic E-state index is -1.22. The minimum absolute atomic E-state index is 0.209. The highest BCUT2D eigenvalue weighted by Crippen LogP contribution is 2.39. The number of carbonyl (C=O) groups excluding carboxylic acids is 1. The lowest BCUT2D eigenvalue weighted by molar-refractivity contribution is 0.0821. The van der Waals surface area contributed by atoms with E-state index in [2.05, 4.69) is 34.6 Å². The molecule has 0 spiro atoms. The number of nitrogens with zero attached hydrogens (tertiary/aromatic N) is 5. The first-order chi connectivity index (χ1) is 17.0. The molecule has 4 rings (SSSR count). The maximum absolute atomic E-state index is 13.6. The average molecular weight is 526 g/mol. The SMILES string of the molecule is CN(C)C(=O)c1cncc(-c2cnc3c(c(-c4ccc(F)cc4)cn3COCC[Si](C)(C)C)c2Cl)n1. The van der Waals surface area contributed by atoms with Gasteiger partial charge in [0, 0.05) is 57.7 Å². The van der Waals surface area contributed by atoms with E-state index < -0.39 is 8.07 Å². The molecule has 3 heterocycles. The van der Waals surface area contributed by atoms with Crippen LogP contribution in [0.1, 0.15) is 10.5 Å². The van der Waals surface area contributed by atoms with Gasteiger partial charge in [-0.15, -0.1) is 0 Å². The first-order valence-electron chi connectivity index (χ1n) is 11.6. The number of amides is 1. The molecular formula is C26H29ClFN5O2Si. The summed E-state index contributed by atoms with van der Waals surface area (Å²) in [5.74, 6) is -0.581. The van der Waals surface area contributed by atoms with Gasteiger partial charge in [-0.2, -0.15) is 0 Å². The van der Waals surface area contributed by atoms with Crippen molar-refractivity contribution in [2.24, 2.45) is 0 Å². The lowest BCUT2D eigenvalue weighted by Gasteiger charge is -2.15. The van der Waals surface area contributed by atoms with Crippen LogP contribution in [0.2, 0.25) is 30.7 Å². The molecule has 0 aliphatic rings. The van der Waals surface area contributed by atoms with Crippen molar-refractivity contribution in [3.05, 3.63) is 65.6 Å². The van der Waals surface area contributed by atoms with Crippen molar-refractivity contribution in [3.8, 4) is 22.4 Å². The van der Waals surface area contributed by atoms with E-state index >= 15 is 0 Å². The predicted octanol–water partition coefficient (Wildman–Crippen LogP) is 5.97. The summed E-state index contributed by atoms with van der Waals surface area (Å²) in [5.41, 5.74) is 3.43. The molecule has 7 nitrogen and oxygen atoms in total. The van der Waals surface area contributed by atoms with Gasteiger partial charge in [0.15, 0.2) is 0 Å². The molecule has 0 saturated heterocycles. The van der Waals surface area contributed by atoms with Crippen LogP contribution in [0.15, 0.2) is 49.1 Å². The Hall–Kier alpha value is -3.14. The Kier molecular flexibility index (Phi) is 7.53. The number of ether oxygens (including phenoxy) is 1. The Morgan fingerprint density at radius 3 is 2.50 bits per heavy atom. The zero-order valence-electron chi connectivity index (χ0n) is 21.0. The molecule has 0 atom stereocenters. The van der Waals surface area contributed by atoms with E-state index in [1.165, 1.54) is 23.2 Å². The number of halogens is 2. The zero-order chi connectivity index (χ0) is 26.0. The fourth-order valence-electron chi connectivity index (χ4n) is 3.71. The van der Waals surface area contributed by atoms with E-state index in [-0.39, 0.29) is 17.4 Å². The van der Waals surface area contributed by atoms with Crippen LogP contribution in [0.25, 0.3) is 33.4 Å². The Morgan fingerprint density at radius 2 is 1.83 bits per heavy atom. The van der Waals surface area contributed by atoms with Crippen LogP contribution in [0.3, 0.4) is 0 Å². The van der Waals surface area contributed by atoms with E-state index in [0.29, 0.717) is 40.7 Å². The molecule has 0 bridgehead atoms. The number of rotatable bonds is 8. The van der Waals surface area contributed by atoms with Crippen molar-refractivity contribution >= 4 is 36.6 Å². The number of hydrogen-bond acceptors (Lipinski definition) is 5. The number of hydrogen-bond donors (Lipinski definition) is 0. The molecule has 0 fully saturated rings. The summed E-state index contributed by atoms with van der Waals surface area (Å²) < 4.78 is 21.5. The second-order valence-electron chi connectivity index (χ2n) is 10.0. The Bertz CT molecular complexity index is 1400. The molecule has 36 heavy (non-hydrogen) atoms. The fourth-order valence-corrected chi connectivity index (χ4v) is 4.80. The van der Waals surface area contributed by atoms with Crippen LogP contribution in [0.4, 0.5) is 4.39 Å². The summed E-state index contributed by atoms with van der Waals surface area (Å²) in [5, 5.41) is 1.12. The van der Waals surface area contributed by atoms with Gasteiger partial charge in [-0.3, -0.25) is 9.78 Å². The lowest BCUT2D eigenvalue weighted by atomic mass is 10.0. The van der Waals surface area contributed by atoms with Crippen LogP contribution in [-0.2, 0) is 11.5 Å². The molecule has 10 heteroatoms. The molecule has 0 unspecified atom stereocenters. The molecule has 0 radical (unpaired) electrons. The topological polar surface area (TPSA) is 73.1 Å². The number of benzene rings is 1. The summed E-state index contributed by atoms with van der Waals surface area (Å²) in [4.78, 5) is 27.2. The maximum Gasteiger partial charge on any atom is 0.273 e. The fraction of sp³-hybridized carbons (Fsp3) is 0.308. The van der Waals surface area contributed by atoms with Crippen LogP contribution in [0, 0.1) is 5.82 Å². The molecule has 3 aromatic heterocycles. The van der Waals surface area contributed by atoms with Crippen LogP contribution in [0.5, 0.6) is 0 Å². The van der Waals surface area contributed by atoms with Crippen LogP contribution in [-0.4, -0.2) is 59.1 Å². The Labute approximate surface area is 215 Å². The predicted molar refractivity (Wildman–Crippen MR) is 143 cm³/mol. The highest BCUT2D eigenvalue weighted by atomic mass is 35.5. The summed E-state index contributed by atoms with van der Waals surface area (Å²) in [6, 6.07) is 7.29. The summed E-state index contributed by atoms with van der Waals surface area (Å²) >= 11 is 6.97. The van der Waals surface area contributed by atoms with E-state index in [1.54, 1.807) is 38.6 Å². The van der Waals surface area contributed by atoms with Gasteiger partial charge in [-0.25, -0.2) is 14.4 Å². The third-order valence-corrected chi connectivity index (χ3v) is 7.84. The van der Waals surface area contributed by atoms with Crippen molar-refractivity contribution in [3.63, 3.8) is 0 Å². The Morgan fingerprint density at radius 1 is 1.11 bits per heavy atom. The second kappa shape index (κ2) is 10.5. The van der Waals surface area contributed by atoms with Crippen molar-refractivity contribution < 1.29 is 13.9 Å².